The van der Waals surface area contributed by atoms with Gasteiger partial charge in [0.15, 0.2) is 0 Å². The Kier molecular flexibility index (Phi) is 4.75. The molecule has 0 bridgehead atoms. The average molecular weight is 357 g/mol. The second kappa shape index (κ2) is 6.35. The van der Waals surface area contributed by atoms with E-state index in [9.17, 15) is 15.2 Å². The minimum Gasteiger partial charge on any atom is -0.388 e. The Morgan fingerprint density at radius 2 is 1.90 bits per heavy atom. The molecule has 4 nitrogen and oxygen atoms in total. The number of hydrogen-bond acceptors (Lipinski definition) is 3. The molecule has 0 aliphatic heterocycles. The van der Waals surface area contributed by atoms with E-state index in [1.165, 1.54) is 12.1 Å². The van der Waals surface area contributed by atoms with E-state index >= 15 is 0 Å². The zero-order valence-electron chi connectivity index (χ0n) is 10.3. The van der Waals surface area contributed by atoms with Crippen LogP contribution in [-0.4, -0.2) is 10.0 Å². The van der Waals surface area contributed by atoms with E-state index in [1.807, 2.05) is 0 Å². The van der Waals surface area contributed by atoms with Crippen LogP contribution in [0.1, 0.15) is 17.2 Å². The maximum absolute atomic E-state index is 10.6. The highest BCUT2D eigenvalue weighted by molar-refractivity contribution is 9.10. The summed E-state index contributed by atoms with van der Waals surface area (Å²) in [6.45, 7) is 0. The minimum absolute atomic E-state index is 0.0370. The number of halogens is 2. The first-order valence-corrected chi connectivity index (χ1v) is 7.01. The molecule has 1 N–H and O–H groups in total. The fourth-order valence-electron chi connectivity index (χ4n) is 1.81. The molecule has 0 amide bonds. The molecule has 0 aliphatic rings. The van der Waals surface area contributed by atoms with Crippen molar-refractivity contribution in [2.45, 2.75) is 12.5 Å². The van der Waals surface area contributed by atoms with Gasteiger partial charge >= 0.3 is 0 Å². The molecule has 104 valence electrons. The predicted octanol–water partition coefficient (Wildman–Crippen LogP) is 4.29. The van der Waals surface area contributed by atoms with E-state index in [-0.39, 0.29) is 5.69 Å². The van der Waals surface area contributed by atoms with Gasteiger partial charge in [0, 0.05) is 23.0 Å². The molecule has 6 heteroatoms. The molecule has 2 aromatic rings. The molecule has 0 saturated heterocycles. The van der Waals surface area contributed by atoms with E-state index in [0.29, 0.717) is 17.0 Å². The number of aliphatic hydroxyl groups is 1. The van der Waals surface area contributed by atoms with Crippen LogP contribution in [0.2, 0.25) is 5.02 Å². The van der Waals surface area contributed by atoms with Gasteiger partial charge in [0.2, 0.25) is 0 Å². The van der Waals surface area contributed by atoms with E-state index in [4.69, 9.17) is 11.6 Å². The van der Waals surface area contributed by atoms with Gasteiger partial charge in [-0.2, -0.15) is 0 Å². The lowest BCUT2D eigenvalue weighted by atomic mass is 10.0. The third-order valence-electron chi connectivity index (χ3n) is 2.90. The van der Waals surface area contributed by atoms with E-state index in [0.717, 1.165) is 10.0 Å². The summed E-state index contributed by atoms with van der Waals surface area (Å²) in [5.74, 6) is 0. The molecule has 1 atom stereocenters. The first kappa shape index (κ1) is 15.0. The summed E-state index contributed by atoms with van der Waals surface area (Å²) in [6, 6.07) is 11.4. The highest BCUT2D eigenvalue weighted by Crippen LogP contribution is 2.27. The van der Waals surface area contributed by atoms with Crippen molar-refractivity contribution >= 4 is 33.2 Å². The topological polar surface area (TPSA) is 63.4 Å². The van der Waals surface area contributed by atoms with Crippen LogP contribution in [0, 0.1) is 10.1 Å². The Morgan fingerprint density at radius 1 is 1.25 bits per heavy atom. The Hall–Kier alpha value is -1.43. The summed E-state index contributed by atoms with van der Waals surface area (Å²) in [5, 5.41) is 21.3. The summed E-state index contributed by atoms with van der Waals surface area (Å²) < 4.78 is 0.769. The molecule has 20 heavy (non-hydrogen) atoms. The first-order chi connectivity index (χ1) is 9.47. The Morgan fingerprint density at radius 3 is 2.45 bits per heavy atom. The third kappa shape index (κ3) is 3.56. The van der Waals surface area contributed by atoms with Gasteiger partial charge in [-0.25, -0.2) is 0 Å². The lowest BCUT2D eigenvalue weighted by molar-refractivity contribution is -0.384. The van der Waals surface area contributed by atoms with Crippen LogP contribution in [0.25, 0.3) is 0 Å². The molecule has 0 heterocycles. The summed E-state index contributed by atoms with van der Waals surface area (Å²) in [4.78, 5) is 10.1. The number of nitro groups is 1. The molecule has 2 rings (SSSR count). The molecule has 2 aromatic carbocycles. The van der Waals surface area contributed by atoms with Crippen LogP contribution in [-0.2, 0) is 6.42 Å². The number of rotatable bonds is 4. The van der Waals surface area contributed by atoms with Crippen molar-refractivity contribution in [3.63, 3.8) is 0 Å². The summed E-state index contributed by atoms with van der Waals surface area (Å²) >= 11 is 9.27. The average Bonchev–Trinajstić information content (AvgIpc) is 2.42. The highest BCUT2D eigenvalue weighted by atomic mass is 79.9. The summed E-state index contributed by atoms with van der Waals surface area (Å²) in [7, 11) is 0. The zero-order chi connectivity index (χ0) is 14.7. The molecule has 0 saturated carbocycles. The Labute approximate surface area is 129 Å². The molecule has 0 spiro atoms. The minimum atomic E-state index is -0.706. The van der Waals surface area contributed by atoms with Crippen molar-refractivity contribution in [1.29, 1.82) is 0 Å². The van der Waals surface area contributed by atoms with Gasteiger partial charge in [-0.3, -0.25) is 10.1 Å². The van der Waals surface area contributed by atoms with Crippen molar-refractivity contribution in [2.75, 3.05) is 0 Å². The summed E-state index contributed by atoms with van der Waals surface area (Å²) in [6.07, 6.45) is -0.335. The van der Waals surface area contributed by atoms with Crippen molar-refractivity contribution in [3.05, 3.63) is 73.2 Å². The van der Waals surface area contributed by atoms with Gasteiger partial charge < -0.3 is 5.11 Å². The number of aliphatic hydroxyl groups excluding tert-OH is 1. The van der Waals surface area contributed by atoms with Crippen LogP contribution >= 0.6 is 27.5 Å². The van der Waals surface area contributed by atoms with Crippen LogP contribution < -0.4 is 0 Å². The van der Waals surface area contributed by atoms with Crippen LogP contribution in [0.15, 0.2) is 46.9 Å². The Bertz CT molecular complexity index is 631. The molecular formula is C14H11BrClNO3. The van der Waals surface area contributed by atoms with Gasteiger partial charge in [-0.05, 0) is 39.2 Å². The number of non-ortho nitro benzene ring substituents is 1. The lowest BCUT2D eigenvalue weighted by Crippen LogP contribution is -2.02. The third-order valence-corrected chi connectivity index (χ3v) is 4.14. The Balaban J connectivity index is 2.12. The molecule has 0 aromatic heterocycles. The normalized spacial score (nSPS) is 12.2. The first-order valence-electron chi connectivity index (χ1n) is 5.83. The number of hydrogen-bond donors (Lipinski definition) is 1. The molecule has 0 radical (unpaired) electrons. The highest BCUT2D eigenvalue weighted by Gasteiger charge is 2.11. The van der Waals surface area contributed by atoms with E-state index < -0.39 is 11.0 Å². The smallest absolute Gasteiger partial charge is 0.269 e. The number of nitrogens with zero attached hydrogens (tertiary/aromatic N) is 1. The second-order valence-electron chi connectivity index (χ2n) is 4.32. The fourth-order valence-corrected chi connectivity index (χ4v) is 2.25. The van der Waals surface area contributed by atoms with Crippen LogP contribution in [0.3, 0.4) is 0 Å². The standard InChI is InChI=1S/C14H11BrClNO3/c15-12-6-3-10(8-13(12)16)14(18)7-9-1-4-11(5-2-9)17(19)20/h1-6,8,14,18H,7H2. The monoisotopic (exact) mass is 355 g/mol. The molecule has 0 fully saturated rings. The van der Waals surface area contributed by atoms with Gasteiger partial charge in [0.1, 0.15) is 0 Å². The number of benzene rings is 2. The summed E-state index contributed by atoms with van der Waals surface area (Å²) in [5.41, 5.74) is 1.56. The van der Waals surface area contributed by atoms with Gasteiger partial charge in [0.25, 0.3) is 5.69 Å². The van der Waals surface area contributed by atoms with Crippen LogP contribution in [0.5, 0.6) is 0 Å². The zero-order valence-corrected chi connectivity index (χ0v) is 12.6. The van der Waals surface area contributed by atoms with Gasteiger partial charge in [-0.15, -0.1) is 0 Å². The van der Waals surface area contributed by atoms with Crippen molar-refractivity contribution in [2.24, 2.45) is 0 Å². The molecule has 1 unspecified atom stereocenters. The van der Waals surface area contributed by atoms with Crippen molar-refractivity contribution < 1.29 is 10.0 Å². The van der Waals surface area contributed by atoms with E-state index in [2.05, 4.69) is 15.9 Å². The van der Waals surface area contributed by atoms with Crippen molar-refractivity contribution in [3.8, 4) is 0 Å². The SMILES string of the molecule is O=[N+]([O-])c1ccc(CC(O)c2ccc(Br)c(Cl)c2)cc1. The van der Waals surface area contributed by atoms with E-state index in [1.54, 1.807) is 30.3 Å². The van der Waals surface area contributed by atoms with Crippen LogP contribution in [0.4, 0.5) is 5.69 Å². The predicted molar refractivity (Wildman–Crippen MR) is 80.9 cm³/mol. The molecular weight excluding hydrogens is 346 g/mol. The largest absolute Gasteiger partial charge is 0.388 e. The maximum atomic E-state index is 10.6. The maximum Gasteiger partial charge on any atom is 0.269 e. The molecule has 0 aliphatic carbocycles. The fraction of sp³-hybridized carbons (Fsp3) is 0.143. The van der Waals surface area contributed by atoms with Gasteiger partial charge in [0.05, 0.1) is 16.0 Å². The van der Waals surface area contributed by atoms with Gasteiger partial charge in [-0.1, -0.05) is 29.8 Å². The van der Waals surface area contributed by atoms with Crippen molar-refractivity contribution in [1.82, 2.24) is 0 Å². The number of nitro benzene ring substituents is 1. The lowest BCUT2D eigenvalue weighted by Gasteiger charge is -2.12. The quantitative estimate of drug-likeness (QED) is 0.656. The second-order valence-corrected chi connectivity index (χ2v) is 5.58.